The average Bonchev–Trinajstić information content (AvgIpc) is 2.89. The molecule has 0 radical (unpaired) electrons. The van der Waals surface area contributed by atoms with Gasteiger partial charge < -0.3 is 14.8 Å². The van der Waals surface area contributed by atoms with Crippen LogP contribution >= 0.6 is 15.9 Å². The van der Waals surface area contributed by atoms with Crippen molar-refractivity contribution in [1.29, 1.82) is 0 Å². The molecule has 1 N–H and O–H groups in total. The molecule has 1 saturated heterocycles. The van der Waals surface area contributed by atoms with Crippen molar-refractivity contribution in [3.63, 3.8) is 0 Å². The van der Waals surface area contributed by atoms with Crippen LogP contribution in [0.2, 0.25) is 0 Å². The van der Waals surface area contributed by atoms with Crippen LogP contribution in [0.3, 0.4) is 0 Å². The zero-order valence-corrected chi connectivity index (χ0v) is 12.1. The third-order valence-electron chi connectivity index (χ3n) is 2.72. The van der Waals surface area contributed by atoms with E-state index in [9.17, 15) is 0 Å². The monoisotopic (exact) mass is 315 g/mol. The molecule has 2 rings (SSSR count). The number of halogens is 1. The van der Waals surface area contributed by atoms with Crippen LogP contribution in [0.5, 0.6) is 5.88 Å². The normalized spacial score (nSPS) is 18.9. The zero-order valence-electron chi connectivity index (χ0n) is 10.5. The number of rotatable bonds is 6. The van der Waals surface area contributed by atoms with Gasteiger partial charge in [-0.3, -0.25) is 0 Å². The van der Waals surface area contributed by atoms with Crippen molar-refractivity contribution in [1.82, 2.24) is 9.97 Å². The third-order valence-corrected chi connectivity index (χ3v) is 3.27. The summed E-state index contributed by atoms with van der Waals surface area (Å²) in [7, 11) is 0. The van der Waals surface area contributed by atoms with Crippen molar-refractivity contribution >= 4 is 21.9 Å². The molecule has 100 valence electrons. The Hall–Kier alpha value is -0.880. The van der Waals surface area contributed by atoms with Crippen LogP contribution in [-0.4, -0.2) is 36.3 Å². The molecule has 1 aromatic heterocycles. The Balaban J connectivity index is 1.92. The Labute approximate surface area is 115 Å². The molecule has 0 amide bonds. The molecule has 5 nitrogen and oxygen atoms in total. The van der Waals surface area contributed by atoms with E-state index in [-0.39, 0.29) is 0 Å². The number of nitrogens with one attached hydrogen (secondary N) is 1. The minimum absolute atomic E-state index is 0.471. The lowest BCUT2D eigenvalue weighted by atomic mass is 10.1. The van der Waals surface area contributed by atoms with Crippen molar-refractivity contribution in [3.05, 3.63) is 10.7 Å². The maximum absolute atomic E-state index is 5.72. The minimum Gasteiger partial charge on any atom is -0.476 e. The lowest BCUT2D eigenvalue weighted by Gasteiger charge is -2.11. The molecule has 0 spiro atoms. The van der Waals surface area contributed by atoms with Crippen molar-refractivity contribution in [3.8, 4) is 5.88 Å². The molecule has 2 heterocycles. The van der Waals surface area contributed by atoms with Gasteiger partial charge in [-0.25, -0.2) is 4.98 Å². The van der Waals surface area contributed by atoms with Crippen LogP contribution in [-0.2, 0) is 4.74 Å². The van der Waals surface area contributed by atoms with Gasteiger partial charge in [0.05, 0.1) is 23.9 Å². The van der Waals surface area contributed by atoms with Crippen LogP contribution in [0.1, 0.15) is 19.8 Å². The topological polar surface area (TPSA) is 56.3 Å². The van der Waals surface area contributed by atoms with Crippen molar-refractivity contribution in [2.24, 2.45) is 5.92 Å². The highest BCUT2D eigenvalue weighted by molar-refractivity contribution is 9.10. The summed E-state index contributed by atoms with van der Waals surface area (Å²) in [6.45, 7) is 5.22. The summed E-state index contributed by atoms with van der Waals surface area (Å²) >= 11 is 3.40. The highest BCUT2D eigenvalue weighted by atomic mass is 79.9. The second kappa shape index (κ2) is 6.89. The summed E-state index contributed by atoms with van der Waals surface area (Å²) in [5, 5.41) is 3.14. The van der Waals surface area contributed by atoms with E-state index >= 15 is 0 Å². The Morgan fingerprint density at radius 3 is 3.22 bits per heavy atom. The maximum Gasteiger partial charge on any atom is 0.232 e. The molecule has 0 saturated carbocycles. The van der Waals surface area contributed by atoms with Crippen LogP contribution in [0.15, 0.2) is 10.7 Å². The predicted octanol–water partition coefficient (Wildman–Crippen LogP) is 2.48. The molecule has 0 aromatic carbocycles. The van der Waals surface area contributed by atoms with Crippen LogP contribution in [0.25, 0.3) is 0 Å². The molecular weight excluding hydrogens is 298 g/mol. The first-order chi connectivity index (χ1) is 8.79. The van der Waals surface area contributed by atoms with E-state index in [1.807, 2.05) is 0 Å². The molecule has 1 atom stereocenters. The van der Waals surface area contributed by atoms with Crippen molar-refractivity contribution in [2.75, 3.05) is 31.7 Å². The second-order valence-electron chi connectivity index (χ2n) is 4.31. The largest absolute Gasteiger partial charge is 0.476 e. The quantitative estimate of drug-likeness (QED) is 0.874. The summed E-state index contributed by atoms with van der Waals surface area (Å²) in [6.07, 6.45) is 3.81. The average molecular weight is 316 g/mol. The molecule has 1 aromatic rings. The van der Waals surface area contributed by atoms with E-state index in [0.29, 0.717) is 24.4 Å². The molecule has 0 aliphatic carbocycles. The zero-order chi connectivity index (χ0) is 12.8. The summed E-state index contributed by atoms with van der Waals surface area (Å²) in [4.78, 5) is 8.52. The van der Waals surface area contributed by atoms with E-state index < -0.39 is 0 Å². The van der Waals surface area contributed by atoms with Gasteiger partial charge in [-0.2, -0.15) is 4.98 Å². The smallest absolute Gasteiger partial charge is 0.232 e. The number of hydrogen-bond donors (Lipinski definition) is 1. The van der Waals surface area contributed by atoms with E-state index in [2.05, 4.69) is 38.1 Å². The molecule has 18 heavy (non-hydrogen) atoms. The van der Waals surface area contributed by atoms with E-state index in [1.165, 1.54) is 0 Å². The number of hydrogen-bond acceptors (Lipinski definition) is 5. The van der Waals surface area contributed by atoms with Gasteiger partial charge in [-0.05, 0) is 28.8 Å². The number of aromatic nitrogens is 2. The highest BCUT2D eigenvalue weighted by Crippen LogP contribution is 2.24. The van der Waals surface area contributed by atoms with Crippen molar-refractivity contribution in [2.45, 2.75) is 19.8 Å². The molecule has 1 fully saturated rings. The van der Waals surface area contributed by atoms with E-state index in [0.717, 1.165) is 37.1 Å². The molecular formula is C12H18BrN3O2. The lowest BCUT2D eigenvalue weighted by molar-refractivity contribution is 0.165. The Bertz CT molecular complexity index is 384. The van der Waals surface area contributed by atoms with Gasteiger partial charge in [-0.15, -0.1) is 0 Å². The fourth-order valence-corrected chi connectivity index (χ4v) is 1.99. The summed E-state index contributed by atoms with van der Waals surface area (Å²) in [6, 6.07) is 0. The Morgan fingerprint density at radius 1 is 1.61 bits per heavy atom. The van der Waals surface area contributed by atoms with Gasteiger partial charge in [0, 0.05) is 19.1 Å². The number of nitrogens with zero attached hydrogens (tertiary/aromatic N) is 2. The minimum atomic E-state index is 0.471. The first-order valence-electron chi connectivity index (χ1n) is 6.26. The standard InChI is InChI=1S/C12H18BrN3O2/c1-2-4-14-12-15-6-10(13)11(16-12)18-8-9-3-5-17-7-9/h6,9H,2-5,7-8H2,1H3,(H,14,15,16). The van der Waals surface area contributed by atoms with Gasteiger partial charge in [0.2, 0.25) is 11.8 Å². The maximum atomic E-state index is 5.72. The number of ether oxygens (including phenoxy) is 2. The Kier molecular flexibility index (Phi) is 5.19. The Morgan fingerprint density at radius 2 is 2.50 bits per heavy atom. The third kappa shape index (κ3) is 3.81. The summed E-state index contributed by atoms with van der Waals surface area (Å²) in [5.74, 6) is 1.67. The highest BCUT2D eigenvalue weighted by Gasteiger charge is 2.17. The van der Waals surface area contributed by atoms with Gasteiger partial charge in [0.25, 0.3) is 0 Å². The fourth-order valence-electron chi connectivity index (χ4n) is 1.69. The summed E-state index contributed by atoms with van der Waals surface area (Å²) in [5.41, 5.74) is 0. The van der Waals surface area contributed by atoms with Gasteiger partial charge in [-0.1, -0.05) is 6.92 Å². The SMILES string of the molecule is CCCNc1ncc(Br)c(OCC2CCOC2)n1. The first kappa shape index (κ1) is 13.5. The van der Waals surface area contributed by atoms with Crippen LogP contribution < -0.4 is 10.1 Å². The summed E-state index contributed by atoms with van der Waals surface area (Å²) < 4.78 is 11.8. The molecule has 1 unspecified atom stereocenters. The van der Waals surface area contributed by atoms with Crippen LogP contribution in [0.4, 0.5) is 5.95 Å². The van der Waals surface area contributed by atoms with Gasteiger partial charge in [0.1, 0.15) is 0 Å². The van der Waals surface area contributed by atoms with E-state index in [4.69, 9.17) is 9.47 Å². The molecule has 1 aliphatic heterocycles. The lowest BCUT2D eigenvalue weighted by Crippen LogP contribution is -2.13. The number of anilines is 1. The molecule has 0 bridgehead atoms. The first-order valence-corrected chi connectivity index (χ1v) is 7.06. The second-order valence-corrected chi connectivity index (χ2v) is 5.17. The fraction of sp³-hybridized carbons (Fsp3) is 0.667. The predicted molar refractivity (Wildman–Crippen MR) is 72.9 cm³/mol. The van der Waals surface area contributed by atoms with E-state index in [1.54, 1.807) is 6.20 Å². The van der Waals surface area contributed by atoms with Crippen molar-refractivity contribution < 1.29 is 9.47 Å². The molecule has 1 aliphatic rings. The molecule has 6 heteroatoms. The van der Waals surface area contributed by atoms with Gasteiger partial charge in [0.15, 0.2) is 0 Å². The van der Waals surface area contributed by atoms with Crippen LogP contribution in [0, 0.1) is 5.92 Å². The van der Waals surface area contributed by atoms with Gasteiger partial charge >= 0.3 is 0 Å².